The lowest BCUT2D eigenvalue weighted by molar-refractivity contribution is 0.326. The molecule has 0 bridgehead atoms. The average Bonchev–Trinajstić information content (AvgIpc) is 2.41. The second kappa shape index (κ2) is 6.83. The van der Waals surface area contributed by atoms with E-state index in [0.717, 1.165) is 18.6 Å². The van der Waals surface area contributed by atoms with Gasteiger partial charge >= 0.3 is 0 Å². The van der Waals surface area contributed by atoms with Crippen molar-refractivity contribution in [3.05, 3.63) is 41.7 Å². The van der Waals surface area contributed by atoms with Gasteiger partial charge in [-0.3, -0.25) is 0 Å². The zero-order valence-corrected chi connectivity index (χ0v) is 12.3. The fraction of sp³-hybridized carbons (Fsp3) is 0.467. The van der Waals surface area contributed by atoms with E-state index in [2.05, 4.69) is 34.1 Å². The van der Waals surface area contributed by atoms with E-state index in [9.17, 15) is 0 Å². The van der Waals surface area contributed by atoms with Gasteiger partial charge in [-0.25, -0.2) is 0 Å². The lowest BCUT2D eigenvalue weighted by atomic mass is 9.82. The zero-order valence-electron chi connectivity index (χ0n) is 10.7. The van der Waals surface area contributed by atoms with Crippen LogP contribution in [0.15, 0.2) is 36.1 Å². The molecule has 1 aliphatic rings. The van der Waals surface area contributed by atoms with Crippen LogP contribution in [0.4, 0.5) is 0 Å². The van der Waals surface area contributed by atoms with E-state index in [1.165, 1.54) is 24.0 Å². The molecule has 0 radical (unpaired) electrons. The first-order chi connectivity index (χ1) is 8.83. The molecule has 0 saturated heterocycles. The number of benzene rings is 1. The molecule has 0 unspecified atom stereocenters. The van der Waals surface area contributed by atoms with Gasteiger partial charge in [0.1, 0.15) is 11.3 Å². The Morgan fingerprint density at radius 1 is 1.33 bits per heavy atom. The lowest BCUT2D eigenvalue weighted by Gasteiger charge is -2.24. The van der Waals surface area contributed by atoms with Crippen molar-refractivity contribution in [1.82, 2.24) is 0 Å². The third-order valence-corrected chi connectivity index (χ3v) is 3.69. The fourth-order valence-corrected chi connectivity index (χ4v) is 2.79. The summed E-state index contributed by atoms with van der Waals surface area (Å²) in [5.41, 5.74) is 3.37. The van der Waals surface area contributed by atoms with Crippen LogP contribution in [0.1, 0.15) is 37.2 Å². The number of halogens is 1. The predicted molar refractivity (Wildman–Crippen MR) is 77.2 cm³/mol. The van der Waals surface area contributed by atoms with Crippen LogP contribution in [-0.2, 0) is 4.74 Å². The Bertz CT molecular complexity index is 405. The number of methoxy groups -OCH3 is 1. The van der Waals surface area contributed by atoms with Gasteiger partial charge in [-0.15, -0.1) is 0 Å². The number of hydrogen-bond acceptors (Lipinski definition) is 2. The van der Waals surface area contributed by atoms with Crippen molar-refractivity contribution in [3.63, 3.8) is 0 Å². The van der Waals surface area contributed by atoms with E-state index in [0.29, 0.717) is 11.4 Å². The first kappa shape index (κ1) is 13.5. The second-order valence-electron chi connectivity index (χ2n) is 4.61. The summed E-state index contributed by atoms with van der Waals surface area (Å²) in [6.45, 7) is 0. The van der Waals surface area contributed by atoms with Crippen LogP contribution in [-0.4, -0.2) is 12.6 Å². The molecule has 2 nitrogen and oxygen atoms in total. The van der Waals surface area contributed by atoms with Gasteiger partial charge in [0.25, 0.3) is 0 Å². The molecule has 1 aliphatic carbocycles. The molecule has 0 amide bonds. The van der Waals surface area contributed by atoms with Gasteiger partial charge in [-0.05, 0) is 70.8 Å². The van der Waals surface area contributed by atoms with Crippen LogP contribution >= 0.6 is 15.9 Å². The molecule has 0 heterocycles. The molecule has 1 fully saturated rings. The van der Waals surface area contributed by atoms with Crippen LogP contribution in [0, 0.1) is 0 Å². The van der Waals surface area contributed by atoms with Crippen molar-refractivity contribution in [2.75, 3.05) is 12.6 Å². The quantitative estimate of drug-likeness (QED) is 0.597. The number of hydrogen-bond donors (Lipinski definition) is 0. The van der Waals surface area contributed by atoms with E-state index < -0.39 is 0 Å². The third kappa shape index (κ3) is 3.52. The fourth-order valence-electron chi connectivity index (χ4n) is 2.53. The molecular weight excluding hydrogens is 292 g/mol. The van der Waals surface area contributed by atoms with E-state index in [1.807, 2.05) is 12.3 Å². The van der Waals surface area contributed by atoms with Gasteiger partial charge in [-0.1, -0.05) is 12.1 Å². The molecule has 0 aromatic heterocycles. The Balaban J connectivity index is 2.00. The molecule has 3 heteroatoms. The minimum Gasteiger partial charge on any atom is -0.504 e. The molecule has 98 valence electrons. The highest BCUT2D eigenvalue weighted by atomic mass is 79.9. The first-order valence-corrected chi connectivity index (χ1v) is 7.45. The van der Waals surface area contributed by atoms with Gasteiger partial charge in [0.15, 0.2) is 0 Å². The highest BCUT2D eigenvalue weighted by Gasteiger charge is 2.18. The Morgan fingerprint density at radius 3 is 2.78 bits per heavy atom. The van der Waals surface area contributed by atoms with Crippen molar-refractivity contribution < 1.29 is 9.47 Å². The number of ether oxygens (including phenoxy) is 2. The summed E-state index contributed by atoms with van der Waals surface area (Å²) in [5, 5.41) is 0. The Hall–Kier alpha value is -0.960. The molecule has 1 saturated carbocycles. The van der Waals surface area contributed by atoms with Crippen LogP contribution < -0.4 is 4.74 Å². The normalized spacial score (nSPS) is 19.4. The Labute approximate surface area is 117 Å². The molecule has 18 heavy (non-hydrogen) atoms. The van der Waals surface area contributed by atoms with Gasteiger partial charge in [0.05, 0.1) is 13.4 Å². The standard InChI is InChI=1S/C15H19BrO2/c1-17-10-12-5-7-13(8-6-12)14-3-2-4-15(9-14)18-11-16/h2-4,9-10,13H,5-8,11H2,1H3. The van der Waals surface area contributed by atoms with Gasteiger partial charge in [-0.2, -0.15) is 0 Å². The third-order valence-electron chi connectivity index (χ3n) is 3.46. The highest BCUT2D eigenvalue weighted by Crippen LogP contribution is 2.36. The maximum absolute atomic E-state index is 5.48. The van der Waals surface area contributed by atoms with Crippen molar-refractivity contribution in [2.45, 2.75) is 31.6 Å². The van der Waals surface area contributed by atoms with Crippen LogP contribution in [0.25, 0.3) is 0 Å². The number of alkyl halides is 1. The maximum atomic E-state index is 5.48. The van der Waals surface area contributed by atoms with E-state index in [1.54, 1.807) is 7.11 Å². The van der Waals surface area contributed by atoms with Crippen LogP contribution in [0.3, 0.4) is 0 Å². The minimum absolute atomic E-state index is 0.543. The summed E-state index contributed by atoms with van der Waals surface area (Å²) in [6, 6.07) is 8.45. The summed E-state index contributed by atoms with van der Waals surface area (Å²) in [6.07, 6.45) is 6.59. The SMILES string of the molecule is COC=C1CCC(c2cccc(OCBr)c2)CC1. The van der Waals surface area contributed by atoms with Gasteiger partial charge in [0.2, 0.25) is 0 Å². The molecule has 0 spiro atoms. The van der Waals surface area contributed by atoms with E-state index >= 15 is 0 Å². The number of rotatable bonds is 4. The Kier molecular flexibility index (Phi) is 5.12. The minimum atomic E-state index is 0.543. The summed E-state index contributed by atoms with van der Waals surface area (Å²) in [7, 11) is 1.72. The highest BCUT2D eigenvalue weighted by molar-refractivity contribution is 9.09. The lowest BCUT2D eigenvalue weighted by Crippen LogP contribution is -2.07. The first-order valence-electron chi connectivity index (χ1n) is 6.33. The molecule has 0 N–H and O–H groups in total. The number of allylic oxidation sites excluding steroid dienone is 1. The van der Waals surface area contributed by atoms with Gasteiger partial charge in [0, 0.05) is 0 Å². The van der Waals surface area contributed by atoms with Crippen LogP contribution in [0.5, 0.6) is 5.75 Å². The smallest absolute Gasteiger partial charge is 0.143 e. The summed E-state index contributed by atoms with van der Waals surface area (Å²) >= 11 is 3.29. The summed E-state index contributed by atoms with van der Waals surface area (Å²) in [5.74, 6) is 1.60. The maximum Gasteiger partial charge on any atom is 0.143 e. The molecule has 0 atom stereocenters. The molecule has 2 rings (SSSR count). The van der Waals surface area contributed by atoms with Crippen molar-refractivity contribution in [3.8, 4) is 5.75 Å². The average molecular weight is 311 g/mol. The molecule has 1 aromatic rings. The molecular formula is C15H19BrO2. The van der Waals surface area contributed by atoms with Crippen molar-refractivity contribution in [2.24, 2.45) is 0 Å². The largest absolute Gasteiger partial charge is 0.504 e. The second-order valence-corrected chi connectivity index (χ2v) is 5.07. The topological polar surface area (TPSA) is 18.5 Å². The zero-order chi connectivity index (χ0) is 12.8. The summed E-state index contributed by atoms with van der Waals surface area (Å²) in [4.78, 5) is 0. The molecule has 1 aromatic carbocycles. The Morgan fingerprint density at radius 2 is 2.11 bits per heavy atom. The van der Waals surface area contributed by atoms with E-state index in [-0.39, 0.29) is 0 Å². The van der Waals surface area contributed by atoms with Crippen molar-refractivity contribution >= 4 is 15.9 Å². The predicted octanol–water partition coefficient (Wildman–Crippen LogP) is 4.61. The monoisotopic (exact) mass is 310 g/mol. The molecule has 0 aliphatic heterocycles. The van der Waals surface area contributed by atoms with Gasteiger partial charge < -0.3 is 9.47 Å². The van der Waals surface area contributed by atoms with Crippen molar-refractivity contribution in [1.29, 1.82) is 0 Å². The summed E-state index contributed by atoms with van der Waals surface area (Å²) < 4.78 is 10.6. The van der Waals surface area contributed by atoms with Crippen LogP contribution in [0.2, 0.25) is 0 Å². The van der Waals surface area contributed by atoms with E-state index in [4.69, 9.17) is 9.47 Å².